The fourth-order valence-corrected chi connectivity index (χ4v) is 4.33. The van der Waals surface area contributed by atoms with Crippen molar-refractivity contribution >= 4 is 17.3 Å². The fourth-order valence-electron chi connectivity index (χ4n) is 4.33. The van der Waals surface area contributed by atoms with Gasteiger partial charge in [-0.05, 0) is 57.5 Å². The molecule has 0 fully saturated rings. The summed E-state index contributed by atoms with van der Waals surface area (Å²) in [7, 11) is 0. The number of anilines is 1. The lowest BCUT2D eigenvalue weighted by Crippen LogP contribution is -2.48. The highest BCUT2D eigenvalue weighted by Gasteiger charge is 2.49. The van der Waals surface area contributed by atoms with Gasteiger partial charge in [0.2, 0.25) is 0 Å². The van der Waals surface area contributed by atoms with Crippen molar-refractivity contribution in [3.8, 4) is 0 Å². The first-order valence-electron chi connectivity index (χ1n) is 9.66. The van der Waals surface area contributed by atoms with Crippen LogP contribution in [0.15, 0.2) is 59.8 Å². The largest absolute Gasteiger partial charge is 0.389 e. The fraction of sp³-hybridized carbons (Fsp3) is 0.333. The summed E-state index contributed by atoms with van der Waals surface area (Å²) in [5.74, 6) is -2.27. The van der Waals surface area contributed by atoms with Crippen LogP contribution in [0.3, 0.4) is 0 Å². The molecule has 0 spiro atoms. The number of rotatable bonds is 5. The molecule has 0 saturated carbocycles. The van der Waals surface area contributed by atoms with Gasteiger partial charge in [0.25, 0.3) is 0 Å². The van der Waals surface area contributed by atoms with Crippen LogP contribution in [0, 0.1) is 18.7 Å². The normalized spacial score (nSPS) is 24.3. The van der Waals surface area contributed by atoms with Gasteiger partial charge in [-0.2, -0.15) is 0 Å². The van der Waals surface area contributed by atoms with Gasteiger partial charge in [-0.1, -0.05) is 29.8 Å². The van der Waals surface area contributed by atoms with Crippen LogP contribution >= 0.6 is 0 Å². The summed E-state index contributed by atoms with van der Waals surface area (Å²) >= 11 is 0. The number of ketones is 2. The van der Waals surface area contributed by atoms with E-state index in [1.807, 2.05) is 31.2 Å². The van der Waals surface area contributed by atoms with Crippen LogP contribution in [0.5, 0.6) is 0 Å². The van der Waals surface area contributed by atoms with Crippen molar-refractivity contribution in [2.24, 2.45) is 5.92 Å². The molecule has 0 radical (unpaired) electrons. The third kappa shape index (κ3) is 4.30. The van der Waals surface area contributed by atoms with E-state index < -0.39 is 23.3 Å². The lowest BCUT2D eigenvalue weighted by Gasteiger charge is -2.43. The standard InChI is InChI=1S/C24H26FNO3/c1-14-5-11-19(12-6-14)26-20-13-24(4,29)23(16(3)28)22(21(20)15(2)27)17-7-9-18(25)10-8-17/h5-12,22-23,26,29H,13H2,1-4H3/t22-,23-,24+/m1/s1. The van der Waals surface area contributed by atoms with E-state index in [1.165, 1.54) is 26.0 Å². The Kier molecular flexibility index (Phi) is 5.71. The van der Waals surface area contributed by atoms with Gasteiger partial charge >= 0.3 is 0 Å². The van der Waals surface area contributed by atoms with Crippen LogP contribution in [0.4, 0.5) is 10.1 Å². The highest BCUT2D eigenvalue weighted by atomic mass is 19.1. The minimum atomic E-state index is -1.36. The summed E-state index contributed by atoms with van der Waals surface area (Å²) in [6.45, 7) is 6.48. The summed E-state index contributed by atoms with van der Waals surface area (Å²) < 4.78 is 13.5. The number of halogens is 1. The Morgan fingerprint density at radius 2 is 1.66 bits per heavy atom. The molecule has 3 rings (SSSR count). The predicted octanol–water partition coefficient (Wildman–Crippen LogP) is 4.53. The Hall–Kier alpha value is -2.79. The van der Waals surface area contributed by atoms with Gasteiger partial charge in [0.15, 0.2) is 5.78 Å². The molecule has 0 amide bonds. The number of carbonyl (C=O) groups is 2. The van der Waals surface area contributed by atoms with E-state index in [0.717, 1.165) is 11.3 Å². The molecule has 4 nitrogen and oxygen atoms in total. The van der Waals surface area contributed by atoms with Gasteiger partial charge < -0.3 is 10.4 Å². The van der Waals surface area contributed by atoms with Crippen molar-refractivity contribution < 1.29 is 19.1 Å². The van der Waals surface area contributed by atoms with E-state index in [2.05, 4.69) is 5.32 Å². The molecule has 0 heterocycles. The first-order valence-corrected chi connectivity index (χ1v) is 9.66. The molecule has 2 aromatic carbocycles. The molecule has 1 aliphatic carbocycles. The molecule has 0 aromatic heterocycles. The quantitative estimate of drug-likeness (QED) is 0.780. The summed E-state index contributed by atoms with van der Waals surface area (Å²) in [5.41, 5.74) is 2.19. The highest BCUT2D eigenvalue weighted by Crippen LogP contribution is 2.47. The van der Waals surface area contributed by atoms with Crippen molar-refractivity contribution in [2.75, 3.05) is 5.32 Å². The molecular formula is C24H26FNO3. The average molecular weight is 395 g/mol. The van der Waals surface area contributed by atoms with Gasteiger partial charge in [0.1, 0.15) is 11.6 Å². The van der Waals surface area contributed by atoms with E-state index >= 15 is 0 Å². The molecular weight excluding hydrogens is 369 g/mol. The van der Waals surface area contributed by atoms with E-state index in [0.29, 0.717) is 16.8 Å². The van der Waals surface area contributed by atoms with E-state index in [-0.39, 0.29) is 18.0 Å². The summed E-state index contributed by atoms with van der Waals surface area (Å²) in [4.78, 5) is 25.3. The number of aliphatic hydroxyl groups is 1. The lowest BCUT2D eigenvalue weighted by molar-refractivity contribution is -0.131. The molecule has 152 valence electrons. The minimum Gasteiger partial charge on any atom is -0.389 e. The number of aryl methyl sites for hydroxylation is 1. The zero-order valence-electron chi connectivity index (χ0n) is 17.1. The van der Waals surface area contributed by atoms with Gasteiger partial charge in [-0.15, -0.1) is 0 Å². The second-order valence-corrected chi connectivity index (χ2v) is 8.09. The highest BCUT2D eigenvalue weighted by molar-refractivity contribution is 5.98. The maximum Gasteiger partial charge on any atom is 0.158 e. The molecule has 0 aliphatic heterocycles. The second-order valence-electron chi connectivity index (χ2n) is 8.09. The van der Waals surface area contributed by atoms with Crippen LogP contribution in [0.2, 0.25) is 0 Å². The van der Waals surface area contributed by atoms with Crippen molar-refractivity contribution in [3.05, 3.63) is 76.7 Å². The molecule has 2 aromatic rings. The lowest BCUT2D eigenvalue weighted by atomic mass is 9.64. The molecule has 3 atom stereocenters. The maximum atomic E-state index is 13.5. The predicted molar refractivity (Wildman–Crippen MR) is 111 cm³/mol. The number of allylic oxidation sites excluding steroid dienone is 1. The van der Waals surface area contributed by atoms with Crippen LogP contribution < -0.4 is 5.32 Å². The first kappa shape index (κ1) is 20.9. The Morgan fingerprint density at radius 1 is 1.07 bits per heavy atom. The Morgan fingerprint density at radius 3 is 2.17 bits per heavy atom. The van der Waals surface area contributed by atoms with Crippen LogP contribution in [-0.4, -0.2) is 22.3 Å². The zero-order chi connectivity index (χ0) is 21.3. The summed E-state index contributed by atoms with van der Waals surface area (Å²) in [5, 5.41) is 14.5. The summed E-state index contributed by atoms with van der Waals surface area (Å²) in [6, 6.07) is 13.5. The molecule has 0 unspecified atom stereocenters. The van der Waals surface area contributed by atoms with Crippen molar-refractivity contribution in [1.29, 1.82) is 0 Å². The minimum absolute atomic E-state index is 0.137. The Bertz CT molecular complexity index is 959. The molecule has 0 bridgehead atoms. The Labute approximate surface area is 170 Å². The van der Waals surface area contributed by atoms with Gasteiger partial charge in [-0.3, -0.25) is 9.59 Å². The number of nitrogens with one attached hydrogen (secondary N) is 1. The zero-order valence-corrected chi connectivity index (χ0v) is 17.1. The maximum absolute atomic E-state index is 13.5. The first-order chi connectivity index (χ1) is 13.6. The Balaban J connectivity index is 2.19. The second kappa shape index (κ2) is 7.91. The summed E-state index contributed by atoms with van der Waals surface area (Å²) in [6.07, 6.45) is 0.137. The van der Waals surface area contributed by atoms with Gasteiger partial charge in [0, 0.05) is 29.3 Å². The number of hydrogen-bond acceptors (Lipinski definition) is 4. The SMILES string of the molecule is CC(=O)C1=C(Nc2ccc(C)cc2)C[C@](C)(O)[C@H](C(C)=O)[C@@H]1c1ccc(F)cc1. The van der Waals surface area contributed by atoms with E-state index in [9.17, 15) is 19.1 Å². The topological polar surface area (TPSA) is 66.4 Å². The number of benzene rings is 2. The number of hydrogen-bond donors (Lipinski definition) is 2. The third-order valence-corrected chi connectivity index (χ3v) is 5.57. The van der Waals surface area contributed by atoms with Crippen molar-refractivity contribution in [1.82, 2.24) is 0 Å². The number of carbonyl (C=O) groups excluding carboxylic acids is 2. The number of Topliss-reactive ketones (excluding diaryl/α,β-unsaturated/α-hetero) is 2. The molecule has 29 heavy (non-hydrogen) atoms. The molecule has 5 heteroatoms. The van der Waals surface area contributed by atoms with Crippen LogP contribution in [0.1, 0.15) is 44.2 Å². The van der Waals surface area contributed by atoms with Crippen LogP contribution in [0.25, 0.3) is 0 Å². The van der Waals surface area contributed by atoms with E-state index in [1.54, 1.807) is 19.1 Å². The van der Waals surface area contributed by atoms with E-state index in [4.69, 9.17) is 0 Å². The van der Waals surface area contributed by atoms with Crippen molar-refractivity contribution in [3.63, 3.8) is 0 Å². The molecule has 0 saturated heterocycles. The van der Waals surface area contributed by atoms with Crippen LogP contribution in [-0.2, 0) is 9.59 Å². The molecule has 2 N–H and O–H groups in total. The van der Waals surface area contributed by atoms with Gasteiger partial charge in [-0.25, -0.2) is 4.39 Å². The molecule has 1 aliphatic rings. The third-order valence-electron chi connectivity index (χ3n) is 5.57. The smallest absolute Gasteiger partial charge is 0.158 e. The van der Waals surface area contributed by atoms with Gasteiger partial charge in [0.05, 0.1) is 11.5 Å². The van der Waals surface area contributed by atoms with Crippen molar-refractivity contribution in [2.45, 2.75) is 45.6 Å². The average Bonchev–Trinajstić information content (AvgIpc) is 2.62. The monoisotopic (exact) mass is 395 g/mol.